The van der Waals surface area contributed by atoms with Crippen LogP contribution in [0.5, 0.6) is 0 Å². The molecule has 1 fully saturated rings. The second-order valence-electron chi connectivity index (χ2n) is 6.41. The second kappa shape index (κ2) is 6.75. The molecule has 0 atom stereocenters. The Morgan fingerprint density at radius 3 is 2.18 bits per heavy atom. The first kappa shape index (κ1) is 14.8. The van der Waals surface area contributed by atoms with Crippen LogP contribution < -0.4 is 0 Å². The monoisotopic (exact) mass is 290 g/mol. The first-order valence-corrected chi connectivity index (χ1v) is 8.11. The summed E-state index contributed by atoms with van der Waals surface area (Å²) in [5, 5.41) is 0. The summed E-state index contributed by atoms with van der Waals surface area (Å²) in [4.78, 5) is 8.41. The summed E-state index contributed by atoms with van der Waals surface area (Å²) in [5.74, 6) is 8.38. The van der Waals surface area contributed by atoms with Crippen molar-refractivity contribution < 1.29 is 0 Å². The fourth-order valence-corrected chi connectivity index (χ4v) is 3.02. The summed E-state index contributed by atoms with van der Waals surface area (Å²) in [7, 11) is 0. The molecule has 0 saturated heterocycles. The van der Waals surface area contributed by atoms with Gasteiger partial charge in [0.25, 0.3) is 0 Å². The van der Waals surface area contributed by atoms with Gasteiger partial charge in [-0.05, 0) is 60.8 Å². The molecule has 1 aliphatic carbocycles. The Labute approximate surface area is 133 Å². The number of hydrogen-bond acceptors (Lipinski definition) is 2. The van der Waals surface area contributed by atoms with Crippen molar-refractivity contribution in [2.75, 3.05) is 0 Å². The molecule has 2 nitrogen and oxygen atoms in total. The minimum Gasteiger partial charge on any atom is -0.229 e. The zero-order valence-corrected chi connectivity index (χ0v) is 13.3. The maximum Gasteiger partial charge on any atom is 0.205 e. The van der Waals surface area contributed by atoms with Gasteiger partial charge in [0.05, 0.1) is 0 Å². The van der Waals surface area contributed by atoms with E-state index in [1.807, 2.05) is 6.92 Å². The van der Waals surface area contributed by atoms with Crippen LogP contribution in [0, 0.1) is 24.7 Å². The van der Waals surface area contributed by atoms with Gasteiger partial charge in [0.15, 0.2) is 0 Å². The van der Waals surface area contributed by atoms with Crippen LogP contribution in [0.1, 0.15) is 61.0 Å². The molecule has 0 aliphatic heterocycles. The number of rotatable bonds is 1. The molecule has 0 spiro atoms. The van der Waals surface area contributed by atoms with Gasteiger partial charge in [-0.25, -0.2) is 9.97 Å². The second-order valence-corrected chi connectivity index (χ2v) is 6.41. The van der Waals surface area contributed by atoms with Gasteiger partial charge in [-0.1, -0.05) is 37.8 Å². The van der Waals surface area contributed by atoms with E-state index in [0.717, 1.165) is 23.0 Å². The fraction of sp³-hybridized carbons (Fsp3) is 0.400. The molecule has 1 aromatic carbocycles. The Morgan fingerprint density at radius 2 is 1.55 bits per heavy atom. The number of benzene rings is 1. The topological polar surface area (TPSA) is 25.8 Å². The van der Waals surface area contributed by atoms with Gasteiger partial charge < -0.3 is 0 Å². The Hall–Kier alpha value is -2.14. The molecule has 1 saturated carbocycles. The number of aryl methyl sites for hydroxylation is 1. The van der Waals surface area contributed by atoms with Crippen LogP contribution in [-0.2, 0) is 0 Å². The Morgan fingerprint density at radius 1 is 0.909 bits per heavy atom. The summed E-state index contributed by atoms with van der Waals surface area (Å²) in [6.07, 6.45) is 8.95. The van der Waals surface area contributed by atoms with E-state index in [2.05, 4.69) is 53.0 Å². The third-order valence-electron chi connectivity index (χ3n) is 4.50. The van der Waals surface area contributed by atoms with Crippen LogP contribution in [0.25, 0.3) is 0 Å². The molecular weight excluding hydrogens is 268 g/mol. The van der Waals surface area contributed by atoms with Crippen molar-refractivity contribution in [3.8, 4) is 11.8 Å². The van der Waals surface area contributed by atoms with Gasteiger partial charge in [-0.2, -0.15) is 0 Å². The van der Waals surface area contributed by atoms with Crippen molar-refractivity contribution in [1.82, 2.24) is 9.97 Å². The minimum atomic E-state index is 0.580. The average Bonchev–Trinajstić information content (AvgIpc) is 2.56. The van der Waals surface area contributed by atoms with Crippen molar-refractivity contribution in [3.63, 3.8) is 0 Å². The van der Waals surface area contributed by atoms with E-state index in [-0.39, 0.29) is 0 Å². The van der Waals surface area contributed by atoms with Gasteiger partial charge in [0, 0.05) is 18.0 Å². The Kier molecular flexibility index (Phi) is 4.53. The van der Waals surface area contributed by atoms with E-state index in [1.54, 1.807) is 12.4 Å². The molecule has 112 valence electrons. The zero-order chi connectivity index (χ0) is 15.4. The highest BCUT2D eigenvalue weighted by atomic mass is 14.8. The summed E-state index contributed by atoms with van der Waals surface area (Å²) in [6.45, 7) is 4.34. The molecule has 0 radical (unpaired) electrons. The molecule has 3 rings (SSSR count). The number of nitrogens with zero attached hydrogens (tertiary/aromatic N) is 2. The van der Waals surface area contributed by atoms with Crippen molar-refractivity contribution in [2.24, 2.45) is 5.92 Å². The SMILES string of the molecule is Cc1cnc(C#Cc2ccc(C3CCC(C)CC3)cc2)nc1. The largest absolute Gasteiger partial charge is 0.229 e. The van der Waals surface area contributed by atoms with Crippen LogP contribution in [-0.4, -0.2) is 9.97 Å². The van der Waals surface area contributed by atoms with Gasteiger partial charge >= 0.3 is 0 Å². The van der Waals surface area contributed by atoms with E-state index in [0.29, 0.717) is 5.82 Å². The van der Waals surface area contributed by atoms with Crippen LogP contribution in [0.15, 0.2) is 36.7 Å². The van der Waals surface area contributed by atoms with E-state index in [4.69, 9.17) is 0 Å². The summed E-state index contributed by atoms with van der Waals surface area (Å²) in [5.41, 5.74) is 3.54. The van der Waals surface area contributed by atoms with Gasteiger partial charge in [-0.3, -0.25) is 0 Å². The molecule has 0 unspecified atom stereocenters. The number of aromatic nitrogens is 2. The van der Waals surface area contributed by atoms with Gasteiger partial charge in [0.2, 0.25) is 5.82 Å². The molecule has 0 N–H and O–H groups in total. The van der Waals surface area contributed by atoms with Crippen LogP contribution in [0.3, 0.4) is 0 Å². The van der Waals surface area contributed by atoms with Crippen LogP contribution >= 0.6 is 0 Å². The lowest BCUT2D eigenvalue weighted by Gasteiger charge is -2.26. The van der Waals surface area contributed by atoms with Crippen molar-refractivity contribution in [1.29, 1.82) is 0 Å². The maximum atomic E-state index is 4.21. The van der Waals surface area contributed by atoms with E-state index in [9.17, 15) is 0 Å². The fourth-order valence-electron chi connectivity index (χ4n) is 3.02. The third-order valence-corrected chi connectivity index (χ3v) is 4.50. The smallest absolute Gasteiger partial charge is 0.205 e. The predicted molar refractivity (Wildman–Crippen MR) is 89.6 cm³/mol. The van der Waals surface area contributed by atoms with Crippen LogP contribution in [0.4, 0.5) is 0 Å². The predicted octanol–water partition coefficient (Wildman–Crippen LogP) is 4.48. The normalized spacial score (nSPS) is 21.0. The molecule has 2 heteroatoms. The quantitative estimate of drug-likeness (QED) is 0.724. The van der Waals surface area contributed by atoms with Gasteiger partial charge in [0.1, 0.15) is 0 Å². The maximum absolute atomic E-state index is 4.21. The highest BCUT2D eigenvalue weighted by Crippen LogP contribution is 2.35. The highest BCUT2D eigenvalue weighted by molar-refractivity contribution is 5.40. The van der Waals surface area contributed by atoms with E-state index < -0.39 is 0 Å². The lowest BCUT2D eigenvalue weighted by atomic mass is 9.79. The third kappa shape index (κ3) is 3.74. The Bertz CT molecular complexity index is 666. The van der Waals surface area contributed by atoms with E-state index >= 15 is 0 Å². The first-order chi connectivity index (χ1) is 10.7. The molecule has 22 heavy (non-hydrogen) atoms. The molecular formula is C20H22N2. The van der Waals surface area contributed by atoms with Gasteiger partial charge in [-0.15, -0.1) is 0 Å². The molecule has 2 aromatic rings. The minimum absolute atomic E-state index is 0.580. The van der Waals surface area contributed by atoms with Crippen LogP contribution in [0.2, 0.25) is 0 Å². The summed E-state index contributed by atoms with van der Waals surface area (Å²) in [6, 6.07) is 8.71. The highest BCUT2D eigenvalue weighted by Gasteiger charge is 2.19. The summed E-state index contributed by atoms with van der Waals surface area (Å²) < 4.78 is 0. The first-order valence-electron chi connectivity index (χ1n) is 8.11. The number of hydrogen-bond donors (Lipinski definition) is 0. The molecule has 1 aliphatic rings. The van der Waals surface area contributed by atoms with Crippen molar-refractivity contribution in [2.45, 2.75) is 45.4 Å². The average molecular weight is 290 g/mol. The Balaban J connectivity index is 1.68. The molecule has 0 bridgehead atoms. The van der Waals surface area contributed by atoms with Crippen molar-refractivity contribution in [3.05, 3.63) is 59.2 Å². The zero-order valence-electron chi connectivity index (χ0n) is 13.3. The lowest BCUT2D eigenvalue weighted by molar-refractivity contribution is 0.348. The van der Waals surface area contributed by atoms with E-state index in [1.165, 1.54) is 31.2 Å². The molecule has 1 heterocycles. The molecule has 1 aromatic heterocycles. The molecule has 0 amide bonds. The summed E-state index contributed by atoms with van der Waals surface area (Å²) >= 11 is 0. The van der Waals surface area contributed by atoms with Crippen molar-refractivity contribution >= 4 is 0 Å². The lowest BCUT2D eigenvalue weighted by Crippen LogP contribution is -2.10. The standard InChI is InChI=1S/C20H22N2/c1-15-3-8-18(9-4-15)19-10-5-17(6-11-19)7-12-20-21-13-16(2)14-22-20/h5-6,10-11,13-15,18H,3-4,8-9H2,1-2H3.